The number of benzene rings is 1. The van der Waals surface area contributed by atoms with Gasteiger partial charge in [0.25, 0.3) is 5.91 Å². The normalized spacial score (nSPS) is 18.2. The molecular weight excluding hydrogens is 338 g/mol. The summed E-state index contributed by atoms with van der Waals surface area (Å²) in [4.78, 5) is 19.2. The molecule has 1 fully saturated rings. The summed E-state index contributed by atoms with van der Waals surface area (Å²) in [5, 5.41) is 3.31. The van der Waals surface area contributed by atoms with Crippen LogP contribution >= 0.6 is 0 Å². The average molecular weight is 359 g/mol. The molecular formula is C18H21N3O3S. The summed E-state index contributed by atoms with van der Waals surface area (Å²) in [5.41, 5.74) is 2.21. The lowest BCUT2D eigenvalue weighted by atomic mass is 10.0. The number of hydrogen-bond acceptors (Lipinski definition) is 5. The van der Waals surface area contributed by atoms with Gasteiger partial charge >= 0.3 is 0 Å². The van der Waals surface area contributed by atoms with Crippen LogP contribution in [-0.4, -0.2) is 50.1 Å². The third-order valence-corrected chi connectivity index (χ3v) is 5.57. The lowest BCUT2D eigenvalue weighted by molar-refractivity contribution is 0.0633. The van der Waals surface area contributed by atoms with Gasteiger partial charge in [0.15, 0.2) is 9.84 Å². The molecule has 1 unspecified atom stereocenters. The second-order valence-electron chi connectivity index (χ2n) is 6.25. The molecule has 1 aliphatic rings. The minimum atomic E-state index is -3.36. The van der Waals surface area contributed by atoms with E-state index in [4.69, 9.17) is 0 Å². The Balaban J connectivity index is 1.98. The van der Waals surface area contributed by atoms with Crippen molar-refractivity contribution in [3.63, 3.8) is 0 Å². The highest BCUT2D eigenvalue weighted by atomic mass is 32.2. The van der Waals surface area contributed by atoms with Crippen LogP contribution in [0.25, 0.3) is 0 Å². The molecule has 0 bridgehead atoms. The van der Waals surface area contributed by atoms with Crippen LogP contribution in [0.1, 0.15) is 27.5 Å². The Morgan fingerprint density at radius 3 is 2.64 bits per heavy atom. The lowest BCUT2D eigenvalue weighted by Crippen LogP contribution is -2.48. The van der Waals surface area contributed by atoms with Crippen molar-refractivity contribution >= 4 is 15.7 Å². The largest absolute Gasteiger partial charge is 0.329 e. The molecule has 2 aromatic rings. The number of nitrogens with one attached hydrogen (secondary N) is 1. The SMILES string of the molecule is Cc1ccc(S(C)(=O)=O)cc1C(=O)N1CCNCC1c1ccncc1. The highest BCUT2D eigenvalue weighted by molar-refractivity contribution is 7.90. The molecule has 1 aromatic heterocycles. The van der Waals surface area contributed by atoms with Gasteiger partial charge in [0.2, 0.25) is 0 Å². The smallest absolute Gasteiger partial charge is 0.254 e. The molecule has 1 amide bonds. The van der Waals surface area contributed by atoms with E-state index in [1.54, 1.807) is 29.4 Å². The molecule has 25 heavy (non-hydrogen) atoms. The van der Waals surface area contributed by atoms with Gasteiger partial charge in [-0.1, -0.05) is 6.07 Å². The molecule has 2 heterocycles. The molecule has 0 spiro atoms. The molecule has 0 aliphatic carbocycles. The maximum absolute atomic E-state index is 13.2. The van der Waals surface area contributed by atoms with Crippen molar-refractivity contribution in [1.82, 2.24) is 15.2 Å². The monoisotopic (exact) mass is 359 g/mol. The molecule has 1 aromatic carbocycles. The number of carbonyl (C=O) groups is 1. The second kappa shape index (κ2) is 6.93. The van der Waals surface area contributed by atoms with E-state index in [2.05, 4.69) is 10.3 Å². The van der Waals surface area contributed by atoms with Gasteiger partial charge < -0.3 is 10.2 Å². The second-order valence-corrected chi connectivity index (χ2v) is 8.26. The first-order chi connectivity index (χ1) is 11.9. The van der Waals surface area contributed by atoms with Crippen molar-refractivity contribution in [3.8, 4) is 0 Å². The number of hydrogen-bond donors (Lipinski definition) is 1. The van der Waals surface area contributed by atoms with E-state index in [1.807, 2.05) is 19.1 Å². The number of rotatable bonds is 3. The van der Waals surface area contributed by atoms with Gasteiger partial charge in [0, 0.05) is 43.8 Å². The van der Waals surface area contributed by atoms with Gasteiger partial charge in [0.05, 0.1) is 10.9 Å². The summed E-state index contributed by atoms with van der Waals surface area (Å²) in [5.74, 6) is -0.147. The lowest BCUT2D eigenvalue weighted by Gasteiger charge is -2.37. The number of sulfone groups is 1. The Morgan fingerprint density at radius 1 is 1.24 bits per heavy atom. The standard InChI is InChI=1S/C18H21N3O3S/c1-13-3-4-15(25(2,23)24)11-16(13)18(22)21-10-9-20-12-17(21)14-5-7-19-8-6-14/h3-8,11,17,20H,9-10,12H2,1-2H3. The Kier molecular flexibility index (Phi) is 4.87. The molecule has 1 N–H and O–H groups in total. The Hall–Kier alpha value is -2.25. The summed E-state index contributed by atoms with van der Waals surface area (Å²) in [6, 6.07) is 8.41. The number of aromatic nitrogens is 1. The van der Waals surface area contributed by atoms with Crippen molar-refractivity contribution in [2.24, 2.45) is 0 Å². The van der Waals surface area contributed by atoms with Gasteiger partial charge in [-0.05, 0) is 42.3 Å². The van der Waals surface area contributed by atoms with E-state index in [0.717, 1.165) is 17.4 Å². The van der Waals surface area contributed by atoms with Crippen molar-refractivity contribution in [1.29, 1.82) is 0 Å². The quantitative estimate of drug-likeness (QED) is 0.900. The number of carbonyl (C=O) groups excluding carboxylic acids is 1. The minimum Gasteiger partial charge on any atom is -0.329 e. The summed E-state index contributed by atoms with van der Waals surface area (Å²) in [7, 11) is -3.36. The predicted molar refractivity (Wildman–Crippen MR) is 95.2 cm³/mol. The van der Waals surface area contributed by atoms with Crippen LogP contribution in [0.15, 0.2) is 47.6 Å². The van der Waals surface area contributed by atoms with Crippen LogP contribution in [0, 0.1) is 6.92 Å². The summed E-state index contributed by atoms with van der Waals surface area (Å²) in [6.07, 6.45) is 4.57. The molecule has 6 nitrogen and oxygen atoms in total. The van der Waals surface area contributed by atoms with Crippen LogP contribution in [-0.2, 0) is 9.84 Å². The number of piperazine rings is 1. The molecule has 1 aliphatic heterocycles. The van der Waals surface area contributed by atoms with E-state index in [0.29, 0.717) is 25.2 Å². The fourth-order valence-corrected chi connectivity index (χ4v) is 3.69. The van der Waals surface area contributed by atoms with Crippen LogP contribution in [0.3, 0.4) is 0 Å². The fraction of sp³-hybridized carbons (Fsp3) is 0.333. The van der Waals surface area contributed by atoms with Crippen LogP contribution in [0.4, 0.5) is 0 Å². The number of aryl methyl sites for hydroxylation is 1. The first kappa shape index (κ1) is 17.6. The van der Waals surface area contributed by atoms with Crippen molar-refractivity contribution in [3.05, 3.63) is 59.4 Å². The fourth-order valence-electron chi connectivity index (χ4n) is 3.05. The highest BCUT2D eigenvalue weighted by Crippen LogP contribution is 2.25. The van der Waals surface area contributed by atoms with Gasteiger partial charge in [-0.2, -0.15) is 0 Å². The summed E-state index contributed by atoms with van der Waals surface area (Å²) < 4.78 is 23.7. The maximum Gasteiger partial charge on any atom is 0.254 e. The van der Waals surface area contributed by atoms with E-state index in [1.165, 1.54) is 6.07 Å². The zero-order valence-electron chi connectivity index (χ0n) is 14.3. The molecule has 132 valence electrons. The molecule has 1 atom stereocenters. The van der Waals surface area contributed by atoms with E-state index >= 15 is 0 Å². The van der Waals surface area contributed by atoms with Gasteiger partial charge in [-0.25, -0.2) is 8.42 Å². The Bertz CT molecular complexity index is 882. The minimum absolute atomic E-state index is 0.106. The Morgan fingerprint density at radius 2 is 1.96 bits per heavy atom. The van der Waals surface area contributed by atoms with Gasteiger partial charge in [0.1, 0.15) is 0 Å². The van der Waals surface area contributed by atoms with Crippen molar-refractivity contribution < 1.29 is 13.2 Å². The predicted octanol–water partition coefficient (Wildman–Crippen LogP) is 1.58. The topological polar surface area (TPSA) is 79.4 Å². The molecule has 0 radical (unpaired) electrons. The van der Waals surface area contributed by atoms with Crippen LogP contribution < -0.4 is 5.32 Å². The van der Waals surface area contributed by atoms with Gasteiger partial charge in [-0.15, -0.1) is 0 Å². The van der Waals surface area contributed by atoms with E-state index in [-0.39, 0.29) is 16.8 Å². The van der Waals surface area contributed by atoms with Crippen LogP contribution in [0.5, 0.6) is 0 Å². The third kappa shape index (κ3) is 3.72. The van der Waals surface area contributed by atoms with Crippen molar-refractivity contribution in [2.45, 2.75) is 17.9 Å². The first-order valence-electron chi connectivity index (χ1n) is 8.10. The average Bonchev–Trinajstić information content (AvgIpc) is 2.61. The zero-order chi connectivity index (χ0) is 18.0. The molecule has 7 heteroatoms. The van der Waals surface area contributed by atoms with Gasteiger partial charge in [-0.3, -0.25) is 9.78 Å². The number of pyridine rings is 1. The third-order valence-electron chi connectivity index (χ3n) is 4.46. The molecule has 1 saturated heterocycles. The number of amides is 1. The van der Waals surface area contributed by atoms with Crippen LogP contribution in [0.2, 0.25) is 0 Å². The summed E-state index contributed by atoms with van der Waals surface area (Å²) >= 11 is 0. The maximum atomic E-state index is 13.2. The Labute approximate surface area is 147 Å². The number of nitrogens with zero attached hydrogens (tertiary/aromatic N) is 2. The van der Waals surface area contributed by atoms with Crippen molar-refractivity contribution in [2.75, 3.05) is 25.9 Å². The highest BCUT2D eigenvalue weighted by Gasteiger charge is 2.29. The summed E-state index contributed by atoms with van der Waals surface area (Å²) in [6.45, 7) is 3.75. The van der Waals surface area contributed by atoms with E-state index < -0.39 is 9.84 Å². The van der Waals surface area contributed by atoms with E-state index in [9.17, 15) is 13.2 Å². The zero-order valence-corrected chi connectivity index (χ0v) is 15.1. The first-order valence-corrected chi connectivity index (χ1v) is 9.99. The molecule has 3 rings (SSSR count). The molecule has 0 saturated carbocycles.